The fourth-order valence-corrected chi connectivity index (χ4v) is 0.285. The second-order valence-corrected chi connectivity index (χ2v) is 1.33. The quantitative estimate of drug-likeness (QED) is 0.632. The summed E-state index contributed by atoms with van der Waals surface area (Å²) in [5.74, 6) is 0.579. The maximum Gasteiger partial charge on any atom is 0 e. The van der Waals surface area contributed by atoms with Crippen molar-refractivity contribution >= 4 is 0 Å². The minimum absolute atomic E-state index is 0. The van der Waals surface area contributed by atoms with Gasteiger partial charge in [0.2, 0.25) is 0 Å². The molecule has 0 saturated carbocycles. The molecule has 0 aliphatic carbocycles. The normalized spacial score (nSPS) is 22.9. The van der Waals surface area contributed by atoms with Gasteiger partial charge in [-0.2, -0.15) is 0 Å². The molecular weight excluding hydrogens is 252 g/mol. The van der Waals surface area contributed by atoms with E-state index in [0.717, 1.165) is 6.54 Å². The van der Waals surface area contributed by atoms with Crippen LogP contribution in [0.3, 0.4) is 0 Å². The minimum atomic E-state index is 0. The number of hydrogen-bond acceptors (Lipinski definition) is 1. The van der Waals surface area contributed by atoms with Crippen LogP contribution in [0, 0.1) is 26.8 Å². The van der Waals surface area contributed by atoms with Gasteiger partial charge in [-0.1, -0.05) is 6.54 Å². The van der Waals surface area contributed by atoms with E-state index in [1.807, 2.05) is 6.54 Å². The minimum Gasteiger partial charge on any atom is -0.476 e. The molecule has 1 atom stereocenters. The zero-order valence-corrected chi connectivity index (χ0v) is 10.9. The third-order valence-electron chi connectivity index (χ3n) is 0.734. The predicted octanol–water partition coefficient (Wildman–Crippen LogP) is 0.647. The van der Waals surface area contributed by atoms with Crippen molar-refractivity contribution in [3.05, 3.63) is 20.9 Å². The summed E-state index contributed by atoms with van der Waals surface area (Å²) in [6, 6.07) is 0. The average Bonchev–Trinajstić information content (AvgIpc) is 1.30. The number of hydrogen-bond donors (Lipinski definition) is 1. The predicted molar refractivity (Wildman–Crippen MR) is 27.6 cm³/mol. The third kappa shape index (κ3) is 6.29. The van der Waals surface area contributed by atoms with Crippen LogP contribution in [0.2, 0.25) is 0 Å². The topological polar surface area (TPSA) is 12.0 Å². The molecule has 0 aromatic heterocycles. The summed E-state index contributed by atoms with van der Waals surface area (Å²) in [5, 5.41) is 2.97. The van der Waals surface area contributed by atoms with Crippen LogP contribution in [0.4, 0.5) is 0 Å². The monoisotopic (exact) mass is 262 g/mol. The van der Waals surface area contributed by atoms with E-state index in [4.69, 9.17) is 0 Å². The van der Waals surface area contributed by atoms with Gasteiger partial charge in [0.25, 0.3) is 0 Å². The largest absolute Gasteiger partial charge is 0.476 e. The smallest absolute Gasteiger partial charge is 0 e. The SMILES string of the molecule is [CH2-]C1[CH-]NC1.[CH3-].[Y].[Y]. The Balaban J connectivity index is -0.0000000833. The van der Waals surface area contributed by atoms with Crippen molar-refractivity contribution in [1.82, 2.24) is 5.32 Å². The van der Waals surface area contributed by atoms with E-state index in [1.165, 1.54) is 0 Å². The van der Waals surface area contributed by atoms with Crippen LogP contribution in [0.5, 0.6) is 0 Å². The van der Waals surface area contributed by atoms with Gasteiger partial charge < -0.3 is 19.7 Å². The van der Waals surface area contributed by atoms with E-state index in [2.05, 4.69) is 12.2 Å². The van der Waals surface area contributed by atoms with Crippen molar-refractivity contribution in [3.63, 3.8) is 0 Å². The molecule has 8 heavy (non-hydrogen) atoms. The van der Waals surface area contributed by atoms with Crippen molar-refractivity contribution < 1.29 is 65.4 Å². The molecule has 1 N–H and O–H groups in total. The molecule has 1 saturated heterocycles. The van der Waals surface area contributed by atoms with Gasteiger partial charge >= 0.3 is 0 Å². The summed E-state index contributed by atoms with van der Waals surface area (Å²) in [6.07, 6.45) is 0. The Kier molecular flexibility index (Phi) is 19.1. The fraction of sp³-hybridized carbons (Fsp3) is 0.400. The van der Waals surface area contributed by atoms with Crippen LogP contribution >= 0.6 is 0 Å². The van der Waals surface area contributed by atoms with E-state index in [9.17, 15) is 0 Å². The first-order chi connectivity index (χ1) is 2.39. The summed E-state index contributed by atoms with van der Waals surface area (Å²) in [4.78, 5) is 0. The molecule has 44 valence electrons. The summed E-state index contributed by atoms with van der Waals surface area (Å²) in [7, 11) is 0. The zero-order valence-electron chi connectivity index (χ0n) is 5.22. The summed E-state index contributed by atoms with van der Waals surface area (Å²) in [6.45, 7) is 6.78. The van der Waals surface area contributed by atoms with Gasteiger partial charge in [-0.25, -0.2) is 0 Å². The van der Waals surface area contributed by atoms with E-state index in [0.29, 0.717) is 5.92 Å². The Hall–Kier alpha value is 2.17. The molecule has 0 aromatic carbocycles. The van der Waals surface area contributed by atoms with Crippen molar-refractivity contribution in [2.24, 2.45) is 5.92 Å². The molecule has 1 fully saturated rings. The fourth-order valence-electron chi connectivity index (χ4n) is 0.285. The van der Waals surface area contributed by atoms with Gasteiger partial charge in [0.05, 0.1) is 0 Å². The van der Waals surface area contributed by atoms with Gasteiger partial charge in [0.1, 0.15) is 0 Å². The summed E-state index contributed by atoms with van der Waals surface area (Å²) >= 11 is 0. The molecule has 1 heterocycles. The molecule has 1 aliphatic heterocycles. The molecule has 1 rings (SSSR count). The summed E-state index contributed by atoms with van der Waals surface area (Å²) < 4.78 is 0. The zero-order chi connectivity index (χ0) is 3.70. The van der Waals surface area contributed by atoms with Crippen LogP contribution in [0.25, 0.3) is 0 Å². The molecule has 1 nitrogen and oxygen atoms in total. The molecule has 1 unspecified atom stereocenters. The van der Waals surface area contributed by atoms with Crippen LogP contribution in [-0.4, -0.2) is 6.54 Å². The van der Waals surface area contributed by atoms with Crippen molar-refractivity contribution in [3.8, 4) is 0 Å². The second-order valence-electron chi connectivity index (χ2n) is 1.33. The van der Waals surface area contributed by atoms with Gasteiger partial charge in [-0.05, 0) is 0 Å². The first-order valence-electron chi connectivity index (χ1n) is 1.79. The second kappa shape index (κ2) is 9.17. The number of rotatable bonds is 0. The van der Waals surface area contributed by atoms with Crippen LogP contribution in [0.15, 0.2) is 0 Å². The molecule has 1 aliphatic rings. The van der Waals surface area contributed by atoms with E-state index in [-0.39, 0.29) is 72.8 Å². The van der Waals surface area contributed by atoms with Gasteiger partial charge in [-0.15, -0.1) is 0 Å². The Morgan fingerprint density at radius 1 is 1.50 bits per heavy atom. The molecule has 2 radical (unpaired) electrons. The van der Waals surface area contributed by atoms with Gasteiger partial charge in [0, 0.05) is 65.4 Å². The maximum absolute atomic E-state index is 3.73. The van der Waals surface area contributed by atoms with E-state index >= 15 is 0 Å². The average molecular weight is 262 g/mol. The van der Waals surface area contributed by atoms with Crippen molar-refractivity contribution in [2.45, 2.75) is 0 Å². The Morgan fingerprint density at radius 3 is 1.75 bits per heavy atom. The van der Waals surface area contributed by atoms with Crippen LogP contribution < -0.4 is 5.32 Å². The van der Waals surface area contributed by atoms with Crippen molar-refractivity contribution in [1.29, 1.82) is 0 Å². The Bertz CT molecular complexity index is 37.4. The molecule has 0 spiro atoms. The molecule has 0 amide bonds. The molecular formula is C5H10NY2-3. The van der Waals surface area contributed by atoms with Crippen LogP contribution in [-0.2, 0) is 65.4 Å². The van der Waals surface area contributed by atoms with Gasteiger partial charge in [-0.3, -0.25) is 12.5 Å². The van der Waals surface area contributed by atoms with Crippen molar-refractivity contribution in [2.75, 3.05) is 6.54 Å². The Morgan fingerprint density at radius 2 is 1.75 bits per heavy atom. The molecule has 3 heteroatoms. The van der Waals surface area contributed by atoms with Gasteiger partial charge in [0.15, 0.2) is 0 Å². The Labute approximate surface area is 103 Å². The third-order valence-corrected chi connectivity index (χ3v) is 0.734. The van der Waals surface area contributed by atoms with Crippen LogP contribution in [0.1, 0.15) is 0 Å². The standard InChI is InChI=1S/C4H7N.CH3.2Y/c1-4-2-5-3-4;;;/h2,4-5H,1,3H2;1H3;;/q-2;-1;;. The molecule has 0 bridgehead atoms. The summed E-state index contributed by atoms with van der Waals surface area (Å²) in [5.41, 5.74) is 0. The first-order valence-corrected chi connectivity index (χ1v) is 1.79. The number of nitrogens with one attached hydrogen (secondary N) is 1. The molecule has 0 aromatic rings. The maximum atomic E-state index is 3.73. The van der Waals surface area contributed by atoms with E-state index < -0.39 is 0 Å². The first kappa shape index (κ1) is 16.6. The van der Waals surface area contributed by atoms with E-state index in [1.54, 1.807) is 0 Å².